The van der Waals surface area contributed by atoms with Crippen LogP contribution in [0, 0.1) is 0 Å². The summed E-state index contributed by atoms with van der Waals surface area (Å²) in [5, 5.41) is 6.56. The van der Waals surface area contributed by atoms with Gasteiger partial charge in [-0.15, -0.1) is 5.09 Å². The number of nitrogens with zero attached hydrogens (tertiary/aromatic N) is 2. The summed E-state index contributed by atoms with van der Waals surface area (Å²) in [7, 11) is -0.563. The van der Waals surface area contributed by atoms with E-state index in [2.05, 4.69) is 27.9 Å². The molecule has 17 heavy (non-hydrogen) atoms. The molecule has 2 atom stereocenters. The van der Waals surface area contributed by atoms with Gasteiger partial charge in [-0.25, -0.2) is 0 Å². The van der Waals surface area contributed by atoms with E-state index >= 15 is 0 Å². The highest BCUT2D eigenvalue weighted by Crippen LogP contribution is 2.47. The lowest BCUT2D eigenvalue weighted by atomic mass is 10.2. The molecule has 1 rings (SSSR count). The van der Waals surface area contributed by atoms with Crippen molar-refractivity contribution in [1.82, 2.24) is 15.2 Å². The molecule has 0 spiro atoms. The number of methoxy groups -OCH3 is 1. The van der Waals surface area contributed by atoms with E-state index in [1.807, 2.05) is 20.8 Å². The van der Waals surface area contributed by atoms with Crippen LogP contribution in [0.4, 0.5) is 0 Å². The maximum absolute atomic E-state index is 12.0. The fourth-order valence-electron chi connectivity index (χ4n) is 1.11. The van der Waals surface area contributed by atoms with Crippen molar-refractivity contribution in [1.29, 1.82) is 0 Å². The van der Waals surface area contributed by atoms with Crippen LogP contribution in [0.15, 0.2) is 4.52 Å². The third-order valence-corrected chi connectivity index (χ3v) is 4.55. The van der Waals surface area contributed by atoms with Crippen molar-refractivity contribution in [2.45, 2.75) is 31.4 Å². The van der Waals surface area contributed by atoms with Gasteiger partial charge >= 0.3 is 18.5 Å². The summed E-state index contributed by atoms with van der Waals surface area (Å²) in [6.07, 6.45) is 0. The van der Waals surface area contributed by atoms with Gasteiger partial charge in [0.2, 0.25) is 0 Å². The molecule has 0 amide bonds. The summed E-state index contributed by atoms with van der Waals surface area (Å²) in [5.41, 5.74) is 0. The molecule has 8 heteroatoms. The van der Waals surface area contributed by atoms with Gasteiger partial charge in [0, 0.05) is 19.6 Å². The summed E-state index contributed by atoms with van der Waals surface area (Å²) in [6, 6.07) is 0. The number of rotatable bonds is 6. The molecule has 0 saturated carbocycles. The van der Waals surface area contributed by atoms with Crippen LogP contribution in [0.2, 0.25) is 0 Å². The molecule has 96 valence electrons. The molecule has 1 aromatic heterocycles. The van der Waals surface area contributed by atoms with Gasteiger partial charge < -0.3 is 9.26 Å². The van der Waals surface area contributed by atoms with Gasteiger partial charge in [0.1, 0.15) is 0 Å². The predicted octanol–water partition coefficient (Wildman–Crippen LogP) is 2.23. The normalized spacial score (nSPS) is 16.0. The lowest BCUT2D eigenvalue weighted by molar-refractivity contribution is 0.107. The van der Waals surface area contributed by atoms with Gasteiger partial charge in [-0.05, 0) is 11.5 Å². The molecule has 0 aromatic carbocycles. The predicted molar refractivity (Wildman–Crippen MR) is 67.3 cm³/mol. The molecule has 0 aliphatic carbocycles. The van der Waals surface area contributed by atoms with E-state index in [0.717, 1.165) is 0 Å². The molecule has 0 saturated heterocycles. The Morgan fingerprint density at radius 2 is 2.29 bits per heavy atom. The minimum absolute atomic E-state index is 0.106. The van der Waals surface area contributed by atoms with Crippen molar-refractivity contribution < 1.29 is 13.8 Å². The highest BCUT2D eigenvalue weighted by Gasteiger charge is 2.54. The Kier molecular flexibility index (Phi) is 5.06. The quantitative estimate of drug-likeness (QED) is 0.472. The minimum Gasteiger partial charge on any atom is -0.330 e. The van der Waals surface area contributed by atoms with E-state index in [1.165, 1.54) is 7.11 Å². The Bertz CT molecular complexity index is 399. The highest BCUT2D eigenvalue weighted by molar-refractivity contribution is 7.88. The minimum atomic E-state index is -1.96. The smallest absolute Gasteiger partial charge is 0.330 e. The van der Waals surface area contributed by atoms with Crippen LogP contribution in [0.25, 0.3) is 0 Å². The molecular formula is C9H17N3O3PS+. The average Bonchev–Trinajstić information content (AvgIpc) is 2.78. The monoisotopic (exact) mass is 278 g/mol. The van der Waals surface area contributed by atoms with Crippen LogP contribution in [0.1, 0.15) is 38.4 Å². The summed E-state index contributed by atoms with van der Waals surface area (Å²) in [6.45, 7) is 6.24. The first-order chi connectivity index (χ1) is 7.95. The second-order valence-electron chi connectivity index (χ2n) is 3.73. The average molecular weight is 278 g/mol. The van der Waals surface area contributed by atoms with Crippen molar-refractivity contribution >= 4 is 20.6 Å². The molecule has 1 aromatic rings. The highest BCUT2D eigenvalue weighted by atomic mass is 32.1. The van der Waals surface area contributed by atoms with Crippen LogP contribution in [0.3, 0.4) is 0 Å². The molecule has 0 radical (unpaired) electrons. The second-order valence-corrected chi connectivity index (χ2v) is 6.25. The van der Waals surface area contributed by atoms with Crippen LogP contribution in [0.5, 0.6) is 0 Å². The van der Waals surface area contributed by atoms with Gasteiger partial charge in [-0.2, -0.15) is 4.98 Å². The molecule has 2 unspecified atom stereocenters. The Morgan fingerprint density at radius 1 is 1.65 bits per heavy atom. The van der Waals surface area contributed by atoms with Gasteiger partial charge in [0.15, 0.2) is 5.82 Å². The first-order valence-corrected chi connectivity index (χ1v) is 6.98. The third-order valence-electron chi connectivity index (χ3n) is 2.10. The SMILES string of the molecule is CCN[P+](=O)C(S)(OC)c1nc(C(C)C)no1. The maximum Gasteiger partial charge on any atom is 0.489 e. The zero-order chi connectivity index (χ0) is 13.1. The van der Waals surface area contributed by atoms with E-state index in [9.17, 15) is 4.57 Å². The van der Waals surface area contributed by atoms with Gasteiger partial charge in [0.25, 0.3) is 0 Å². The summed E-state index contributed by atoms with van der Waals surface area (Å²) in [4.78, 5) is 4.15. The fraction of sp³-hybridized carbons (Fsp3) is 0.778. The van der Waals surface area contributed by atoms with Gasteiger partial charge in [-0.3, -0.25) is 0 Å². The van der Waals surface area contributed by atoms with Crippen LogP contribution < -0.4 is 5.09 Å². The first kappa shape index (κ1) is 14.6. The number of hydrogen-bond acceptors (Lipinski definition) is 6. The van der Waals surface area contributed by atoms with E-state index in [4.69, 9.17) is 9.26 Å². The third kappa shape index (κ3) is 3.04. The summed E-state index contributed by atoms with van der Waals surface area (Å²) < 4.78 is 20.8. The number of thiol groups is 1. The molecule has 0 aliphatic rings. The van der Waals surface area contributed by atoms with Crippen molar-refractivity contribution in [3.63, 3.8) is 0 Å². The molecule has 0 aliphatic heterocycles. The molecular weight excluding hydrogens is 261 g/mol. The standard InChI is InChI=1S/C9H16N3O3PS/c1-5-10-16(13)9(17,14-4)8-11-7(6(2)3)12-15-8/h6H,5H2,1-4H3,(H-,10,13,17)/p+1. The van der Waals surface area contributed by atoms with Crippen molar-refractivity contribution in [2.75, 3.05) is 13.7 Å². The lowest BCUT2D eigenvalue weighted by Crippen LogP contribution is -2.23. The van der Waals surface area contributed by atoms with E-state index < -0.39 is 12.6 Å². The van der Waals surface area contributed by atoms with Crippen LogP contribution in [-0.2, 0) is 14.0 Å². The zero-order valence-electron chi connectivity index (χ0n) is 10.3. The molecule has 1 heterocycles. The van der Waals surface area contributed by atoms with Crippen molar-refractivity contribution in [2.24, 2.45) is 0 Å². The fourth-order valence-corrected chi connectivity index (χ4v) is 2.34. The summed E-state index contributed by atoms with van der Waals surface area (Å²) >= 11 is 4.25. The summed E-state index contributed by atoms with van der Waals surface area (Å²) in [5.74, 6) is 0.767. The molecule has 0 fully saturated rings. The van der Waals surface area contributed by atoms with E-state index in [-0.39, 0.29) is 11.8 Å². The van der Waals surface area contributed by atoms with Crippen molar-refractivity contribution in [3.05, 3.63) is 11.7 Å². The maximum atomic E-state index is 12.0. The Hall–Kier alpha value is -0.490. The van der Waals surface area contributed by atoms with Gasteiger partial charge in [-0.1, -0.05) is 31.6 Å². The number of nitrogens with one attached hydrogen (secondary N) is 1. The Balaban J connectivity index is 3.03. The number of hydrogen-bond donors (Lipinski definition) is 2. The molecule has 6 nitrogen and oxygen atoms in total. The number of ether oxygens (including phenoxy) is 1. The van der Waals surface area contributed by atoms with Gasteiger partial charge in [0.05, 0.1) is 0 Å². The van der Waals surface area contributed by atoms with Crippen LogP contribution >= 0.6 is 20.6 Å². The van der Waals surface area contributed by atoms with E-state index in [1.54, 1.807) is 0 Å². The second kappa shape index (κ2) is 5.91. The lowest BCUT2D eigenvalue weighted by Gasteiger charge is -2.10. The zero-order valence-corrected chi connectivity index (χ0v) is 12.1. The molecule has 0 bridgehead atoms. The number of aromatic nitrogens is 2. The Labute approximate surface area is 107 Å². The van der Waals surface area contributed by atoms with Crippen molar-refractivity contribution in [3.8, 4) is 0 Å². The first-order valence-electron chi connectivity index (χ1n) is 5.28. The van der Waals surface area contributed by atoms with E-state index in [0.29, 0.717) is 12.4 Å². The Morgan fingerprint density at radius 3 is 2.71 bits per heavy atom. The van der Waals surface area contributed by atoms with Crippen LogP contribution in [-0.4, -0.2) is 23.8 Å². The largest absolute Gasteiger partial charge is 0.489 e. The molecule has 1 N–H and O–H groups in total. The topological polar surface area (TPSA) is 77.2 Å².